The van der Waals surface area contributed by atoms with Crippen molar-refractivity contribution in [2.75, 3.05) is 12.4 Å². The molecule has 142 valence electrons. The molecule has 1 N–H and O–H groups in total. The average Bonchev–Trinajstić information content (AvgIpc) is 3.10. The van der Waals surface area contributed by atoms with Crippen molar-refractivity contribution in [1.29, 1.82) is 0 Å². The number of ether oxygens (including phenoxy) is 1. The zero-order valence-corrected chi connectivity index (χ0v) is 16.8. The van der Waals surface area contributed by atoms with E-state index in [1.165, 1.54) is 22.9 Å². The number of aliphatic hydroxyl groups is 1. The van der Waals surface area contributed by atoms with Crippen LogP contribution in [-0.4, -0.2) is 33.1 Å². The Morgan fingerprint density at radius 1 is 1.07 bits per heavy atom. The van der Waals surface area contributed by atoms with Gasteiger partial charge in [0.25, 0.3) is 0 Å². The van der Waals surface area contributed by atoms with E-state index >= 15 is 0 Å². The number of imidazole rings is 1. The fourth-order valence-electron chi connectivity index (χ4n) is 2.89. The topological polar surface area (TPSA) is 47.3 Å². The highest BCUT2D eigenvalue weighted by molar-refractivity contribution is 7.99. The van der Waals surface area contributed by atoms with Crippen LogP contribution >= 0.6 is 11.8 Å². The summed E-state index contributed by atoms with van der Waals surface area (Å²) >= 11 is 1.52. The molecular weight excluding hydrogens is 356 g/mol. The summed E-state index contributed by atoms with van der Waals surface area (Å²) in [5.74, 6) is 1.31. The Balaban J connectivity index is 1.54. The predicted octanol–water partition coefficient (Wildman–Crippen LogP) is 4.28. The normalized spacial score (nSPS) is 12.7. The number of aryl methyl sites for hydroxylation is 1. The highest BCUT2D eigenvalue weighted by atomic mass is 32.2. The number of nitrogens with zero attached hydrogens (tertiary/aromatic N) is 2. The smallest absolute Gasteiger partial charge is 0.167 e. The molecule has 0 radical (unpaired) electrons. The summed E-state index contributed by atoms with van der Waals surface area (Å²) in [6.45, 7) is 4.70. The van der Waals surface area contributed by atoms with Crippen LogP contribution in [0.2, 0.25) is 0 Å². The Hall–Kier alpha value is -2.24. The van der Waals surface area contributed by atoms with Crippen molar-refractivity contribution < 1.29 is 9.84 Å². The first-order valence-electron chi connectivity index (χ1n) is 9.04. The maximum Gasteiger partial charge on any atom is 0.167 e. The molecule has 1 aromatic heterocycles. The summed E-state index contributed by atoms with van der Waals surface area (Å²) in [6, 6.07) is 18.6. The summed E-state index contributed by atoms with van der Waals surface area (Å²) in [5, 5.41) is 11.0. The molecule has 0 aliphatic heterocycles. The van der Waals surface area contributed by atoms with Crippen LogP contribution in [0.3, 0.4) is 0 Å². The zero-order valence-electron chi connectivity index (χ0n) is 16.0. The number of aromatic nitrogens is 2. The second-order valence-corrected chi connectivity index (χ2v) is 8.10. The largest absolute Gasteiger partial charge is 0.491 e. The molecule has 1 atom stereocenters. The summed E-state index contributed by atoms with van der Waals surface area (Å²) < 4.78 is 7.69. The molecule has 3 rings (SSSR count). The van der Waals surface area contributed by atoms with Gasteiger partial charge in [0.15, 0.2) is 5.16 Å². The molecule has 0 fully saturated rings. The van der Waals surface area contributed by atoms with E-state index in [4.69, 9.17) is 4.74 Å². The molecule has 0 aliphatic rings. The maximum absolute atomic E-state index is 10.1. The van der Waals surface area contributed by atoms with Crippen molar-refractivity contribution in [3.05, 3.63) is 78.1 Å². The third kappa shape index (κ3) is 4.93. The van der Waals surface area contributed by atoms with Crippen LogP contribution in [0.4, 0.5) is 0 Å². The summed E-state index contributed by atoms with van der Waals surface area (Å²) in [5.41, 5.74) is 2.44. The van der Waals surface area contributed by atoms with Crippen molar-refractivity contribution in [3.8, 4) is 5.75 Å². The van der Waals surface area contributed by atoms with E-state index in [0.29, 0.717) is 5.75 Å². The SMILES string of the molecule is Cn1ccnc1SCC(O)COc1ccc(C(C)(C)c2ccccc2)cc1. The van der Waals surface area contributed by atoms with Gasteiger partial charge in [0.1, 0.15) is 12.4 Å². The number of thioether (sulfide) groups is 1. The zero-order chi connectivity index (χ0) is 19.3. The Labute approximate surface area is 165 Å². The van der Waals surface area contributed by atoms with Crippen LogP contribution in [0.25, 0.3) is 0 Å². The van der Waals surface area contributed by atoms with Crippen LogP contribution in [0.5, 0.6) is 5.75 Å². The van der Waals surface area contributed by atoms with E-state index in [0.717, 1.165) is 10.9 Å². The first-order chi connectivity index (χ1) is 13.0. The first-order valence-corrected chi connectivity index (χ1v) is 10.0. The molecule has 0 saturated carbocycles. The molecule has 0 amide bonds. The minimum absolute atomic E-state index is 0.0714. The maximum atomic E-state index is 10.1. The lowest BCUT2D eigenvalue weighted by molar-refractivity contribution is 0.126. The third-order valence-corrected chi connectivity index (χ3v) is 5.90. The molecule has 3 aromatic rings. The number of benzene rings is 2. The number of rotatable bonds is 8. The van der Waals surface area contributed by atoms with Gasteiger partial charge in [0, 0.05) is 30.6 Å². The lowest BCUT2D eigenvalue weighted by Crippen LogP contribution is -2.21. The monoisotopic (exact) mass is 382 g/mol. The number of hydrogen-bond donors (Lipinski definition) is 1. The van der Waals surface area contributed by atoms with E-state index < -0.39 is 6.10 Å². The predicted molar refractivity (Wildman–Crippen MR) is 110 cm³/mol. The highest BCUT2D eigenvalue weighted by Gasteiger charge is 2.22. The Morgan fingerprint density at radius 3 is 2.37 bits per heavy atom. The Kier molecular flexibility index (Phi) is 6.24. The van der Waals surface area contributed by atoms with E-state index in [2.05, 4.69) is 55.2 Å². The third-order valence-electron chi connectivity index (χ3n) is 4.70. The van der Waals surface area contributed by atoms with Crippen LogP contribution in [0.15, 0.2) is 72.1 Å². The molecule has 0 bridgehead atoms. The van der Waals surface area contributed by atoms with Crippen molar-refractivity contribution in [2.24, 2.45) is 7.05 Å². The molecule has 1 heterocycles. The van der Waals surface area contributed by atoms with Crippen molar-refractivity contribution >= 4 is 11.8 Å². The van der Waals surface area contributed by atoms with Gasteiger partial charge in [0.2, 0.25) is 0 Å². The average molecular weight is 383 g/mol. The fraction of sp³-hybridized carbons (Fsp3) is 0.318. The molecule has 0 aliphatic carbocycles. The summed E-state index contributed by atoms with van der Waals surface area (Å²) in [4.78, 5) is 4.24. The van der Waals surface area contributed by atoms with Crippen LogP contribution in [0, 0.1) is 0 Å². The van der Waals surface area contributed by atoms with Gasteiger partial charge in [-0.3, -0.25) is 0 Å². The lowest BCUT2D eigenvalue weighted by atomic mass is 9.78. The van der Waals surface area contributed by atoms with Gasteiger partial charge < -0.3 is 14.4 Å². The highest BCUT2D eigenvalue weighted by Crippen LogP contribution is 2.32. The Bertz CT molecular complexity index is 844. The van der Waals surface area contributed by atoms with Gasteiger partial charge in [-0.1, -0.05) is 68.1 Å². The van der Waals surface area contributed by atoms with Gasteiger partial charge in [-0.25, -0.2) is 4.98 Å². The first kappa shape index (κ1) is 19.5. The molecule has 4 nitrogen and oxygen atoms in total. The molecule has 0 spiro atoms. The van der Waals surface area contributed by atoms with Crippen molar-refractivity contribution in [2.45, 2.75) is 30.5 Å². The van der Waals surface area contributed by atoms with Crippen molar-refractivity contribution in [1.82, 2.24) is 9.55 Å². The molecule has 1 unspecified atom stereocenters. The minimum atomic E-state index is -0.549. The van der Waals surface area contributed by atoms with Gasteiger partial charge in [0.05, 0.1) is 6.10 Å². The van der Waals surface area contributed by atoms with E-state index in [-0.39, 0.29) is 12.0 Å². The van der Waals surface area contributed by atoms with Gasteiger partial charge in [-0.2, -0.15) is 0 Å². The molecule has 27 heavy (non-hydrogen) atoms. The molecule has 2 aromatic carbocycles. The Morgan fingerprint density at radius 2 is 1.74 bits per heavy atom. The van der Waals surface area contributed by atoms with Crippen molar-refractivity contribution in [3.63, 3.8) is 0 Å². The van der Waals surface area contributed by atoms with Crippen LogP contribution < -0.4 is 4.74 Å². The quantitative estimate of drug-likeness (QED) is 0.591. The number of aliphatic hydroxyl groups excluding tert-OH is 1. The lowest BCUT2D eigenvalue weighted by Gasteiger charge is -2.26. The van der Waals surface area contributed by atoms with Gasteiger partial charge in [-0.05, 0) is 23.3 Å². The molecule has 0 saturated heterocycles. The minimum Gasteiger partial charge on any atom is -0.491 e. The summed E-state index contributed by atoms with van der Waals surface area (Å²) in [7, 11) is 1.94. The van der Waals surface area contributed by atoms with Crippen LogP contribution in [0.1, 0.15) is 25.0 Å². The molecule has 5 heteroatoms. The second kappa shape index (κ2) is 8.63. The van der Waals surface area contributed by atoms with E-state index in [9.17, 15) is 5.11 Å². The van der Waals surface area contributed by atoms with E-state index in [1.54, 1.807) is 6.20 Å². The summed E-state index contributed by atoms with van der Waals surface area (Å²) in [6.07, 6.45) is 3.10. The van der Waals surface area contributed by atoms with Gasteiger partial charge >= 0.3 is 0 Å². The van der Waals surface area contributed by atoms with Crippen LogP contribution in [-0.2, 0) is 12.5 Å². The number of hydrogen-bond acceptors (Lipinski definition) is 4. The standard InChI is InChI=1S/C22H26N2O2S/c1-22(2,17-7-5-4-6-8-17)18-9-11-20(12-10-18)26-15-19(25)16-27-21-23-13-14-24(21)3/h4-14,19,25H,15-16H2,1-3H3. The van der Waals surface area contributed by atoms with E-state index in [1.807, 2.05) is 36.0 Å². The fourth-order valence-corrected chi connectivity index (χ4v) is 3.73. The van der Waals surface area contributed by atoms with Gasteiger partial charge in [-0.15, -0.1) is 0 Å². The molecular formula is C22H26N2O2S. The second-order valence-electron chi connectivity index (χ2n) is 7.11.